The van der Waals surface area contributed by atoms with Crippen molar-refractivity contribution in [2.24, 2.45) is 11.8 Å². The Bertz CT molecular complexity index is 2030. The van der Waals surface area contributed by atoms with Crippen LogP contribution in [0.15, 0.2) is 97.1 Å². The fourth-order valence-electron chi connectivity index (χ4n) is 7.54. The Morgan fingerprint density at radius 3 is 1.32 bits per heavy atom. The molecule has 0 heterocycles. The summed E-state index contributed by atoms with van der Waals surface area (Å²) in [4.78, 5) is 60.3. The lowest BCUT2D eigenvalue weighted by molar-refractivity contribution is -0.137. The van der Waals surface area contributed by atoms with E-state index in [-0.39, 0.29) is 35.4 Å². The topological polar surface area (TPSA) is 121 Å². The number of nitrogens with zero attached hydrogens (tertiary/aromatic N) is 2. The molecule has 1 N–H and O–H groups in total. The summed E-state index contributed by atoms with van der Waals surface area (Å²) >= 11 is 4.83. The highest BCUT2D eigenvalue weighted by Crippen LogP contribution is 2.37. The van der Waals surface area contributed by atoms with Crippen LogP contribution in [0.2, 0.25) is 0 Å². The lowest BCUT2D eigenvalue weighted by atomic mass is 9.86. The highest BCUT2D eigenvalue weighted by atomic mass is 35.5. The molecule has 0 aromatic heterocycles. The molecule has 352 valence electrons. The van der Waals surface area contributed by atoms with Gasteiger partial charge in [0.2, 0.25) is 5.78 Å². The van der Waals surface area contributed by atoms with E-state index in [1.54, 1.807) is 38.1 Å². The third-order valence-electron chi connectivity index (χ3n) is 10.9. The van der Waals surface area contributed by atoms with E-state index in [9.17, 15) is 29.1 Å². The lowest BCUT2D eigenvalue weighted by Crippen LogP contribution is -2.38. The summed E-state index contributed by atoms with van der Waals surface area (Å²) in [6, 6.07) is 32.7. The third-order valence-corrected chi connectivity index (χ3v) is 11.1. The molecule has 65 heavy (non-hydrogen) atoms. The van der Waals surface area contributed by atoms with Crippen LogP contribution in [0.4, 0.5) is 0 Å². The van der Waals surface area contributed by atoms with Gasteiger partial charge in [0.1, 0.15) is 24.1 Å². The number of hydrogen-bond acceptors (Lipinski definition) is 9. The second-order valence-corrected chi connectivity index (χ2v) is 17.9. The first-order chi connectivity index (χ1) is 30.7. The summed E-state index contributed by atoms with van der Waals surface area (Å²) in [5, 5.41) is 9.54. The lowest BCUT2D eigenvalue weighted by Gasteiger charge is -2.32. The number of benzene rings is 4. The number of esters is 1. The van der Waals surface area contributed by atoms with Crippen molar-refractivity contribution in [2.45, 2.75) is 132 Å². The number of rotatable bonds is 20. The molecule has 0 spiro atoms. The van der Waals surface area contributed by atoms with Gasteiger partial charge in [0.25, 0.3) is 5.24 Å². The second-order valence-electron chi connectivity index (χ2n) is 17.6. The fourth-order valence-corrected chi connectivity index (χ4v) is 7.76. The minimum Gasteiger partial charge on any atom is -0.508 e. The Labute approximate surface area is 398 Å². The van der Waals surface area contributed by atoms with Gasteiger partial charge in [-0.3, -0.25) is 33.8 Å². The molecule has 0 aliphatic carbocycles. The normalized spacial score (nSPS) is 12.0. The predicted octanol–water partition coefficient (Wildman–Crippen LogP) is 11.5. The monoisotopic (exact) mass is 926 g/mol. The Hall–Kier alpha value is -4.47. The molecular weight excluding hydrogens is 854 g/mol. The molecule has 9 nitrogen and oxygen atoms in total. The van der Waals surface area contributed by atoms with Gasteiger partial charge in [0.15, 0.2) is 0 Å². The van der Waals surface area contributed by atoms with E-state index in [0.29, 0.717) is 41.0 Å². The average Bonchev–Trinajstić information content (AvgIpc) is 3.28. The van der Waals surface area contributed by atoms with Crippen LogP contribution in [0.1, 0.15) is 151 Å². The van der Waals surface area contributed by atoms with E-state index >= 15 is 0 Å². The number of ether oxygens (including phenoxy) is 1. The van der Waals surface area contributed by atoms with Gasteiger partial charge in [-0.15, -0.1) is 0 Å². The Kier molecular flexibility index (Phi) is 27.6. The molecular formula is C53H73BClN2O7P. The van der Waals surface area contributed by atoms with Crippen LogP contribution in [0, 0.1) is 11.8 Å². The van der Waals surface area contributed by atoms with Gasteiger partial charge in [0, 0.05) is 64.2 Å². The minimum absolute atomic E-state index is 0.0149. The number of aldehydes is 2. The quantitative estimate of drug-likeness (QED) is 0.0176. The van der Waals surface area contributed by atoms with Gasteiger partial charge in [-0.05, 0) is 140 Å². The van der Waals surface area contributed by atoms with Crippen molar-refractivity contribution >= 4 is 57.9 Å². The largest absolute Gasteiger partial charge is 0.508 e. The number of carbonyl (C=O) groups is 5. The Morgan fingerprint density at radius 1 is 0.600 bits per heavy atom. The fraction of sp³-hybridized carbons (Fsp3) is 0.453. The van der Waals surface area contributed by atoms with Crippen LogP contribution in [0.5, 0.6) is 11.5 Å². The van der Waals surface area contributed by atoms with Crippen molar-refractivity contribution in [1.82, 2.24) is 9.80 Å². The van der Waals surface area contributed by atoms with Gasteiger partial charge >= 0.3 is 5.97 Å². The average molecular weight is 927 g/mol. The molecule has 0 saturated carbocycles. The number of phenols is 1. The molecule has 0 fully saturated rings. The van der Waals surface area contributed by atoms with E-state index in [1.807, 2.05) is 71.5 Å². The van der Waals surface area contributed by atoms with Crippen molar-refractivity contribution < 1.29 is 33.8 Å². The maximum Gasteiger partial charge on any atom is 0.313 e. The summed E-state index contributed by atoms with van der Waals surface area (Å²) in [7, 11) is 6.33. The van der Waals surface area contributed by atoms with Crippen LogP contribution in [-0.4, -0.2) is 89.3 Å². The smallest absolute Gasteiger partial charge is 0.313 e. The SMILES string of the molecule is CC(C)C(=O)C(=O)Cl.CC(C)C(=O)Oc1ccc(C=O)cc1C(CCN(C(C)C)C(C)C)c1ccccc1.CC(C)N(CCC(c1ccccc1)c1cc(C=O)ccc1O)C(C)C.[B]P. The molecule has 12 heteroatoms. The maximum atomic E-state index is 12.3. The molecule has 0 aliphatic rings. The molecule has 4 aromatic rings. The van der Waals surface area contributed by atoms with Gasteiger partial charge < -0.3 is 9.84 Å². The summed E-state index contributed by atoms with van der Waals surface area (Å²) < 4.78 is 5.74. The van der Waals surface area contributed by atoms with Crippen molar-refractivity contribution in [3.05, 3.63) is 130 Å². The number of carbonyl (C=O) groups excluding carboxylic acids is 5. The van der Waals surface area contributed by atoms with Crippen molar-refractivity contribution in [3.8, 4) is 11.5 Å². The van der Waals surface area contributed by atoms with Crippen molar-refractivity contribution in [1.29, 1.82) is 0 Å². The zero-order valence-electron chi connectivity index (χ0n) is 40.7. The van der Waals surface area contributed by atoms with E-state index in [0.717, 1.165) is 60.8 Å². The molecule has 3 unspecified atom stereocenters. The summed E-state index contributed by atoms with van der Waals surface area (Å²) in [5.74, 6) is -0.438. The summed E-state index contributed by atoms with van der Waals surface area (Å²) in [6.45, 7) is 26.4. The van der Waals surface area contributed by atoms with Crippen LogP contribution in [-0.2, 0) is 14.4 Å². The molecule has 4 aromatic carbocycles. The molecule has 0 amide bonds. The molecule has 0 aliphatic heterocycles. The Morgan fingerprint density at radius 2 is 0.985 bits per heavy atom. The van der Waals surface area contributed by atoms with Crippen molar-refractivity contribution in [2.75, 3.05) is 13.1 Å². The predicted molar refractivity (Wildman–Crippen MR) is 272 cm³/mol. The van der Waals surface area contributed by atoms with E-state index in [1.165, 1.54) is 0 Å². The molecule has 0 bridgehead atoms. The molecule has 0 saturated heterocycles. The zero-order chi connectivity index (χ0) is 49.4. The molecule has 4 rings (SSSR count). The van der Waals surface area contributed by atoms with E-state index < -0.39 is 11.0 Å². The Balaban J connectivity index is 0.000000544. The molecule has 3 atom stereocenters. The van der Waals surface area contributed by atoms with E-state index in [4.69, 9.17) is 16.3 Å². The first-order valence-electron chi connectivity index (χ1n) is 22.5. The number of hydrogen-bond donors (Lipinski definition) is 1. The number of ketones is 1. The second kappa shape index (κ2) is 30.7. The zero-order valence-corrected chi connectivity index (χ0v) is 42.6. The highest BCUT2D eigenvalue weighted by molar-refractivity contribution is 7.49. The van der Waals surface area contributed by atoms with Gasteiger partial charge in [-0.2, -0.15) is 9.12 Å². The van der Waals surface area contributed by atoms with Crippen LogP contribution in [0.3, 0.4) is 0 Å². The van der Waals surface area contributed by atoms with Crippen LogP contribution < -0.4 is 4.74 Å². The third kappa shape index (κ3) is 19.9. The first-order valence-corrected chi connectivity index (χ1v) is 23.5. The minimum atomic E-state index is -0.875. The highest BCUT2D eigenvalue weighted by Gasteiger charge is 2.25. The van der Waals surface area contributed by atoms with Gasteiger partial charge in [0.05, 0.1) is 13.5 Å². The summed E-state index contributed by atoms with van der Waals surface area (Å²) in [6.07, 6.45) is 3.42. The van der Waals surface area contributed by atoms with Gasteiger partial charge in [-0.25, -0.2) is 0 Å². The first kappa shape index (κ1) is 58.6. The number of halogens is 1. The standard InChI is InChI=1S/C26H35NO3.C22H29NO2.C5H7ClO2.BH2P/c1-18(2)26(29)30-25-13-12-21(17-28)16-24(25)23(22-10-8-7-9-11-22)14-15-27(19(3)4)20(5)6;1-16(2)23(17(3)4)13-12-20(19-8-6-5-7-9-19)21-14-18(15-24)10-11-22(21)25;1-3(2)4(7)5(6)8;1-2/h7-13,16-20,23H,14-15H2,1-6H3;5-11,14-17,20,25H,12-13H2,1-4H3;3H,1-2H3;2H2. The maximum absolute atomic E-state index is 12.3. The number of Topliss-reactive ketones (excluding diaryl/α,β-unsaturated/α-hetero) is 1. The number of phenolic OH excluding ortho intramolecular Hbond substituents is 1. The van der Waals surface area contributed by atoms with Crippen LogP contribution >= 0.6 is 20.7 Å². The van der Waals surface area contributed by atoms with Crippen LogP contribution in [0.25, 0.3) is 0 Å². The number of aromatic hydroxyl groups is 1. The van der Waals surface area contributed by atoms with Gasteiger partial charge in [-0.1, -0.05) is 88.4 Å². The molecule has 2 radical (unpaired) electrons. The summed E-state index contributed by atoms with van der Waals surface area (Å²) in [5.41, 5.74) is 5.19. The van der Waals surface area contributed by atoms with E-state index in [2.05, 4.69) is 97.0 Å². The van der Waals surface area contributed by atoms with Crippen molar-refractivity contribution in [3.63, 3.8) is 0 Å².